The van der Waals surface area contributed by atoms with E-state index in [9.17, 15) is 13.2 Å². The number of rotatable bonds is 10. The predicted molar refractivity (Wildman–Crippen MR) is 157 cm³/mol. The third kappa shape index (κ3) is 8.35. The zero-order valence-electron chi connectivity index (χ0n) is 20.6. The lowest BCUT2D eigenvalue weighted by Crippen LogP contribution is -2.29. The summed E-state index contributed by atoms with van der Waals surface area (Å²) in [6.07, 6.45) is 4.41. The van der Waals surface area contributed by atoms with Gasteiger partial charge in [-0.3, -0.25) is 9.52 Å². The Kier molecular flexibility index (Phi) is 11.3. The number of carbonyl (C=O) groups is 1. The van der Waals surface area contributed by atoms with Crippen LogP contribution in [-0.2, 0) is 10.0 Å². The Balaban J connectivity index is 0.00000400. The zero-order valence-corrected chi connectivity index (χ0v) is 24.6. The molecule has 38 heavy (non-hydrogen) atoms. The van der Waals surface area contributed by atoms with Gasteiger partial charge in [0.05, 0.1) is 15.6 Å². The van der Waals surface area contributed by atoms with Gasteiger partial charge in [0.2, 0.25) is 0 Å². The Morgan fingerprint density at radius 3 is 2.45 bits per heavy atom. The van der Waals surface area contributed by atoms with Crippen molar-refractivity contribution in [3.05, 3.63) is 81.8 Å². The summed E-state index contributed by atoms with van der Waals surface area (Å²) in [5.74, 6) is 1.20. The molecule has 11 heteroatoms. The Hall–Kier alpha value is -2.30. The van der Waals surface area contributed by atoms with Crippen LogP contribution < -0.4 is 20.1 Å². The minimum Gasteiger partial charge on any atom is -0.454 e. The molecular weight excluding hydrogens is 613 g/mol. The van der Waals surface area contributed by atoms with E-state index in [-0.39, 0.29) is 28.9 Å². The highest BCUT2D eigenvalue weighted by molar-refractivity contribution is 9.10. The normalized spacial score (nSPS) is 13.8. The lowest BCUT2D eigenvalue weighted by Gasteiger charge is -2.22. The number of para-hydroxylation sites is 2. The van der Waals surface area contributed by atoms with Crippen molar-refractivity contribution >= 4 is 61.6 Å². The van der Waals surface area contributed by atoms with Gasteiger partial charge in [-0.1, -0.05) is 39.7 Å². The number of amides is 1. The lowest BCUT2D eigenvalue weighted by atomic mass is 9.93. The number of ether oxygens (including phenoxy) is 1. The summed E-state index contributed by atoms with van der Waals surface area (Å²) in [5, 5.41) is 6.67. The molecule has 1 saturated heterocycles. The van der Waals surface area contributed by atoms with Gasteiger partial charge in [-0.15, -0.1) is 12.4 Å². The Bertz CT molecular complexity index is 1330. The van der Waals surface area contributed by atoms with Crippen LogP contribution in [0.3, 0.4) is 0 Å². The van der Waals surface area contributed by atoms with Crippen molar-refractivity contribution in [2.24, 2.45) is 5.92 Å². The number of nitrogens with one attached hydrogen (secondary N) is 3. The maximum absolute atomic E-state index is 13.1. The number of anilines is 1. The van der Waals surface area contributed by atoms with Crippen molar-refractivity contribution in [1.29, 1.82) is 0 Å². The van der Waals surface area contributed by atoms with E-state index in [1.807, 2.05) is 0 Å². The molecule has 0 aromatic heterocycles. The van der Waals surface area contributed by atoms with Gasteiger partial charge in [-0.25, -0.2) is 8.42 Å². The standard InChI is InChI=1S/C27H29BrClN3O4S.ClH/c28-21-9-12-25(23(29)18-21)36-26-6-2-1-5-24(26)32-37(34,35)22-10-7-20(8-11-22)27(33)31-15-3-4-19-13-16-30-17-14-19;/h1-2,5-12,18-19,30,32H,3-4,13-17H2,(H,31,33);1H. The Labute approximate surface area is 243 Å². The van der Waals surface area contributed by atoms with Gasteiger partial charge in [0.25, 0.3) is 15.9 Å². The summed E-state index contributed by atoms with van der Waals surface area (Å²) in [5.41, 5.74) is 0.673. The zero-order chi connectivity index (χ0) is 26.3. The van der Waals surface area contributed by atoms with E-state index in [1.165, 1.54) is 37.1 Å². The maximum Gasteiger partial charge on any atom is 0.262 e. The average molecular weight is 643 g/mol. The Morgan fingerprint density at radius 1 is 1.03 bits per heavy atom. The maximum atomic E-state index is 13.1. The smallest absolute Gasteiger partial charge is 0.262 e. The fourth-order valence-corrected chi connectivity index (χ4v) is 5.95. The van der Waals surface area contributed by atoms with Gasteiger partial charge < -0.3 is 15.4 Å². The minimum atomic E-state index is -3.93. The molecule has 1 amide bonds. The molecule has 0 spiro atoms. The lowest BCUT2D eigenvalue weighted by molar-refractivity contribution is 0.0952. The van der Waals surface area contributed by atoms with E-state index in [0.717, 1.165) is 36.3 Å². The van der Waals surface area contributed by atoms with Crippen LogP contribution in [0.25, 0.3) is 0 Å². The molecule has 0 saturated carbocycles. The van der Waals surface area contributed by atoms with Crippen LogP contribution in [0.5, 0.6) is 11.5 Å². The van der Waals surface area contributed by atoms with E-state index < -0.39 is 10.0 Å². The highest BCUT2D eigenvalue weighted by Gasteiger charge is 2.18. The van der Waals surface area contributed by atoms with Gasteiger partial charge in [0.15, 0.2) is 5.75 Å². The first kappa shape index (κ1) is 30.2. The van der Waals surface area contributed by atoms with Crippen molar-refractivity contribution in [2.75, 3.05) is 24.4 Å². The van der Waals surface area contributed by atoms with Gasteiger partial charge in [-0.05, 0) is 99.3 Å². The van der Waals surface area contributed by atoms with E-state index >= 15 is 0 Å². The topological polar surface area (TPSA) is 96.5 Å². The summed E-state index contributed by atoms with van der Waals surface area (Å²) >= 11 is 9.60. The first-order valence-electron chi connectivity index (χ1n) is 12.2. The second-order valence-corrected chi connectivity index (χ2v) is 11.9. The van der Waals surface area contributed by atoms with Crippen LogP contribution in [0.4, 0.5) is 5.69 Å². The third-order valence-corrected chi connectivity index (χ3v) is 8.38. The molecule has 0 radical (unpaired) electrons. The number of halogens is 3. The summed E-state index contributed by atoms with van der Waals surface area (Å²) in [7, 11) is -3.93. The minimum absolute atomic E-state index is 0. The Morgan fingerprint density at radius 2 is 1.74 bits per heavy atom. The molecule has 1 aliphatic rings. The van der Waals surface area contributed by atoms with E-state index in [1.54, 1.807) is 42.5 Å². The second kappa shape index (κ2) is 14.2. The molecule has 3 aromatic carbocycles. The first-order chi connectivity index (χ1) is 17.8. The number of carbonyl (C=O) groups excluding carboxylic acids is 1. The molecule has 1 aliphatic heterocycles. The third-order valence-electron chi connectivity index (χ3n) is 6.21. The van der Waals surface area contributed by atoms with Crippen LogP contribution in [0.2, 0.25) is 5.02 Å². The molecule has 0 unspecified atom stereocenters. The van der Waals surface area contributed by atoms with Crippen molar-refractivity contribution in [3.8, 4) is 11.5 Å². The van der Waals surface area contributed by atoms with E-state index in [4.69, 9.17) is 16.3 Å². The molecular formula is C27H30BrCl2N3O4S. The summed E-state index contributed by atoms with van der Waals surface area (Å²) < 4.78 is 35.4. The molecule has 3 N–H and O–H groups in total. The molecule has 0 bridgehead atoms. The van der Waals surface area contributed by atoms with Crippen LogP contribution in [0.1, 0.15) is 36.0 Å². The second-order valence-electron chi connectivity index (χ2n) is 8.89. The SMILES string of the molecule is Cl.O=C(NCCCC1CCNCC1)c1ccc(S(=O)(=O)Nc2ccccc2Oc2ccc(Br)cc2Cl)cc1. The van der Waals surface area contributed by atoms with Crippen molar-refractivity contribution in [3.63, 3.8) is 0 Å². The number of benzene rings is 3. The van der Waals surface area contributed by atoms with Gasteiger partial charge >= 0.3 is 0 Å². The molecule has 0 atom stereocenters. The summed E-state index contributed by atoms with van der Waals surface area (Å²) in [4.78, 5) is 12.5. The van der Waals surface area contributed by atoms with Gasteiger partial charge in [0, 0.05) is 16.6 Å². The molecule has 1 fully saturated rings. The molecule has 3 aromatic rings. The van der Waals surface area contributed by atoms with Crippen LogP contribution in [0.15, 0.2) is 76.1 Å². The fourth-order valence-electron chi connectivity index (χ4n) is 4.17. The van der Waals surface area contributed by atoms with Crippen LogP contribution >= 0.6 is 39.9 Å². The first-order valence-corrected chi connectivity index (χ1v) is 14.8. The fraction of sp³-hybridized carbons (Fsp3) is 0.296. The van der Waals surface area contributed by atoms with E-state index in [0.29, 0.717) is 28.6 Å². The molecule has 7 nitrogen and oxygen atoms in total. The van der Waals surface area contributed by atoms with Crippen molar-refractivity contribution < 1.29 is 17.9 Å². The van der Waals surface area contributed by atoms with Crippen LogP contribution in [-0.4, -0.2) is 34.0 Å². The quantitative estimate of drug-likeness (QED) is 0.216. The highest BCUT2D eigenvalue weighted by Crippen LogP contribution is 2.35. The monoisotopic (exact) mass is 641 g/mol. The average Bonchev–Trinajstić information content (AvgIpc) is 2.90. The molecule has 204 valence electrons. The molecule has 0 aliphatic carbocycles. The number of piperidine rings is 1. The van der Waals surface area contributed by atoms with Crippen molar-refractivity contribution in [1.82, 2.24) is 10.6 Å². The number of hydrogen-bond acceptors (Lipinski definition) is 5. The summed E-state index contributed by atoms with van der Waals surface area (Å²) in [6.45, 7) is 2.74. The highest BCUT2D eigenvalue weighted by atomic mass is 79.9. The van der Waals surface area contributed by atoms with E-state index in [2.05, 4.69) is 31.3 Å². The molecule has 4 rings (SSSR count). The predicted octanol–water partition coefficient (Wildman–Crippen LogP) is 6.63. The largest absolute Gasteiger partial charge is 0.454 e. The molecule has 1 heterocycles. The van der Waals surface area contributed by atoms with Crippen LogP contribution in [0, 0.1) is 5.92 Å². The number of hydrogen-bond donors (Lipinski definition) is 3. The van der Waals surface area contributed by atoms with Gasteiger partial charge in [-0.2, -0.15) is 0 Å². The summed E-state index contributed by atoms with van der Waals surface area (Å²) in [6, 6.07) is 17.7. The number of sulfonamides is 1. The van der Waals surface area contributed by atoms with Gasteiger partial charge in [0.1, 0.15) is 5.75 Å². The van der Waals surface area contributed by atoms with Crippen molar-refractivity contribution in [2.45, 2.75) is 30.6 Å².